The van der Waals surface area contributed by atoms with E-state index in [2.05, 4.69) is 19.4 Å². The minimum absolute atomic E-state index is 0.0795. The third kappa shape index (κ3) is 2.09. The lowest BCUT2D eigenvalue weighted by Crippen LogP contribution is -2.51. The van der Waals surface area contributed by atoms with E-state index in [1.54, 1.807) is 0 Å². The lowest BCUT2D eigenvalue weighted by molar-refractivity contribution is -0.123. The van der Waals surface area contributed by atoms with Gasteiger partial charge in [0.1, 0.15) is 17.1 Å². The van der Waals surface area contributed by atoms with Crippen LogP contribution < -0.4 is 5.73 Å². The molecule has 2 N–H and O–H groups in total. The van der Waals surface area contributed by atoms with E-state index >= 15 is 0 Å². The van der Waals surface area contributed by atoms with Gasteiger partial charge in [0, 0.05) is 18.3 Å². The maximum atomic E-state index is 11.5. The monoisotopic (exact) mass is 319 g/mol. The van der Waals surface area contributed by atoms with Crippen molar-refractivity contribution in [3.8, 4) is 0 Å². The van der Waals surface area contributed by atoms with Crippen LogP contribution in [0.5, 0.6) is 0 Å². The second kappa shape index (κ2) is 5.21. The lowest BCUT2D eigenvalue weighted by atomic mass is 9.84. The summed E-state index contributed by atoms with van der Waals surface area (Å²) in [5.41, 5.74) is 6.39. The first-order valence-electron chi connectivity index (χ1n) is 7.67. The normalized spacial score (nSPS) is 28.9. The molecule has 1 amide bonds. The van der Waals surface area contributed by atoms with Crippen LogP contribution in [-0.4, -0.2) is 44.0 Å². The highest BCUT2D eigenvalue weighted by Crippen LogP contribution is 2.40. The van der Waals surface area contributed by atoms with Crippen LogP contribution in [0.25, 0.3) is 11.0 Å². The van der Waals surface area contributed by atoms with Gasteiger partial charge in [-0.05, 0) is 38.3 Å². The molecule has 7 heteroatoms. The molecule has 4 rings (SSSR count). The standard InChI is InChI=1S/C15H18ClN5O/c16-13-11-3-5-21(15(11)19-8-18-13)10-6-9(7-10)20-4-1-2-12(20)14(17)22/h3,5,8-10,12H,1-2,4,6-7H2,(H2,17,22)/t9?,10?,12-/m0/s1. The molecule has 1 saturated carbocycles. The summed E-state index contributed by atoms with van der Waals surface area (Å²) in [7, 11) is 0. The zero-order valence-electron chi connectivity index (χ0n) is 12.2. The number of amides is 1. The number of nitrogens with two attached hydrogens (primary N) is 1. The van der Waals surface area contributed by atoms with Crippen LogP contribution in [0.3, 0.4) is 0 Å². The van der Waals surface area contributed by atoms with Crippen molar-refractivity contribution < 1.29 is 4.79 Å². The van der Waals surface area contributed by atoms with Gasteiger partial charge >= 0.3 is 0 Å². The fraction of sp³-hybridized carbons (Fsp3) is 0.533. The number of aromatic nitrogens is 3. The summed E-state index contributed by atoms with van der Waals surface area (Å²) < 4.78 is 2.18. The van der Waals surface area contributed by atoms with Gasteiger partial charge in [0.15, 0.2) is 0 Å². The summed E-state index contributed by atoms with van der Waals surface area (Å²) in [5.74, 6) is -0.188. The van der Waals surface area contributed by atoms with Gasteiger partial charge in [-0.25, -0.2) is 9.97 Å². The quantitative estimate of drug-likeness (QED) is 0.874. The topological polar surface area (TPSA) is 77.0 Å². The van der Waals surface area contributed by atoms with Crippen molar-refractivity contribution in [2.75, 3.05) is 6.54 Å². The van der Waals surface area contributed by atoms with E-state index < -0.39 is 0 Å². The predicted molar refractivity (Wildman–Crippen MR) is 83.5 cm³/mol. The summed E-state index contributed by atoms with van der Waals surface area (Å²) in [6, 6.07) is 2.74. The van der Waals surface area contributed by atoms with E-state index in [0.717, 1.165) is 43.3 Å². The second-order valence-corrected chi connectivity index (χ2v) is 6.56. The molecule has 3 heterocycles. The summed E-state index contributed by atoms with van der Waals surface area (Å²) in [6.07, 6.45) is 7.53. The maximum absolute atomic E-state index is 11.5. The Labute approximate surface area is 133 Å². The zero-order valence-corrected chi connectivity index (χ0v) is 12.9. The van der Waals surface area contributed by atoms with Crippen molar-refractivity contribution in [3.63, 3.8) is 0 Å². The summed E-state index contributed by atoms with van der Waals surface area (Å²) in [4.78, 5) is 22.2. The Bertz CT molecular complexity index is 724. The number of hydrogen-bond donors (Lipinski definition) is 1. The van der Waals surface area contributed by atoms with Gasteiger partial charge in [-0.15, -0.1) is 0 Å². The Balaban J connectivity index is 1.51. The Morgan fingerprint density at radius 2 is 2.14 bits per heavy atom. The Kier molecular flexibility index (Phi) is 3.31. The van der Waals surface area contributed by atoms with Gasteiger partial charge in [0.25, 0.3) is 0 Å². The summed E-state index contributed by atoms with van der Waals surface area (Å²) in [5, 5.41) is 1.39. The average Bonchev–Trinajstić information content (AvgIpc) is 3.06. The van der Waals surface area contributed by atoms with Crippen molar-refractivity contribution in [1.29, 1.82) is 0 Å². The molecule has 0 radical (unpaired) electrons. The molecule has 1 atom stereocenters. The number of primary amides is 1. The Morgan fingerprint density at radius 1 is 1.32 bits per heavy atom. The largest absolute Gasteiger partial charge is 0.368 e. The third-order valence-electron chi connectivity index (χ3n) is 5.03. The molecule has 2 aromatic heterocycles. The Morgan fingerprint density at radius 3 is 2.91 bits per heavy atom. The average molecular weight is 320 g/mol. The van der Waals surface area contributed by atoms with Crippen molar-refractivity contribution in [2.45, 2.75) is 43.8 Å². The first-order chi connectivity index (χ1) is 10.6. The minimum atomic E-state index is -0.188. The highest BCUT2D eigenvalue weighted by Gasteiger charge is 2.41. The first-order valence-corrected chi connectivity index (χ1v) is 8.05. The number of carbonyl (C=O) groups excluding carboxylic acids is 1. The number of hydrogen-bond acceptors (Lipinski definition) is 4. The van der Waals surface area contributed by atoms with E-state index in [0.29, 0.717) is 17.2 Å². The van der Waals surface area contributed by atoms with Crippen LogP contribution in [0.1, 0.15) is 31.7 Å². The number of likely N-dealkylation sites (tertiary alicyclic amines) is 1. The van der Waals surface area contributed by atoms with Crippen molar-refractivity contribution in [1.82, 2.24) is 19.4 Å². The van der Waals surface area contributed by atoms with Crippen molar-refractivity contribution in [2.24, 2.45) is 5.73 Å². The number of nitrogens with zero attached hydrogens (tertiary/aromatic N) is 4. The third-order valence-corrected chi connectivity index (χ3v) is 5.34. The molecule has 1 aliphatic heterocycles. The molecule has 2 aliphatic rings. The molecule has 0 bridgehead atoms. The van der Waals surface area contributed by atoms with Crippen LogP contribution >= 0.6 is 11.6 Å². The minimum Gasteiger partial charge on any atom is -0.368 e. The molecule has 1 saturated heterocycles. The number of rotatable bonds is 3. The Hall–Kier alpha value is -1.66. The highest BCUT2D eigenvalue weighted by molar-refractivity contribution is 6.33. The number of carbonyl (C=O) groups is 1. The molecule has 0 aromatic carbocycles. The van der Waals surface area contributed by atoms with Crippen LogP contribution in [0, 0.1) is 0 Å². The van der Waals surface area contributed by atoms with E-state index in [1.807, 2.05) is 12.3 Å². The molecule has 116 valence electrons. The van der Waals surface area contributed by atoms with E-state index in [1.165, 1.54) is 6.33 Å². The van der Waals surface area contributed by atoms with E-state index in [4.69, 9.17) is 17.3 Å². The highest BCUT2D eigenvalue weighted by atomic mass is 35.5. The SMILES string of the molecule is NC(=O)[C@@H]1CCCN1C1CC(n2ccc3c(Cl)ncnc32)C1. The molecular formula is C15H18ClN5O. The van der Waals surface area contributed by atoms with Crippen LogP contribution in [0.2, 0.25) is 5.15 Å². The lowest BCUT2D eigenvalue weighted by Gasteiger charge is -2.43. The predicted octanol–water partition coefficient (Wildman–Crippen LogP) is 1.74. The van der Waals surface area contributed by atoms with Gasteiger partial charge < -0.3 is 10.3 Å². The van der Waals surface area contributed by atoms with Gasteiger partial charge in [-0.1, -0.05) is 11.6 Å². The molecule has 1 aliphatic carbocycles. The number of halogens is 1. The first kappa shape index (κ1) is 14.0. The molecule has 22 heavy (non-hydrogen) atoms. The van der Waals surface area contributed by atoms with Crippen LogP contribution in [0.15, 0.2) is 18.6 Å². The zero-order chi connectivity index (χ0) is 15.3. The fourth-order valence-corrected chi connectivity index (χ4v) is 4.01. The van der Waals surface area contributed by atoms with Crippen LogP contribution in [0.4, 0.5) is 0 Å². The molecule has 2 aromatic rings. The van der Waals surface area contributed by atoms with Gasteiger partial charge in [0.2, 0.25) is 5.91 Å². The van der Waals surface area contributed by atoms with Gasteiger partial charge in [-0.2, -0.15) is 0 Å². The molecule has 0 unspecified atom stereocenters. The molecule has 6 nitrogen and oxygen atoms in total. The van der Waals surface area contributed by atoms with E-state index in [-0.39, 0.29) is 11.9 Å². The van der Waals surface area contributed by atoms with Crippen molar-refractivity contribution in [3.05, 3.63) is 23.7 Å². The fourth-order valence-electron chi connectivity index (χ4n) is 3.82. The maximum Gasteiger partial charge on any atom is 0.234 e. The van der Waals surface area contributed by atoms with E-state index in [9.17, 15) is 4.79 Å². The summed E-state index contributed by atoms with van der Waals surface area (Å²) >= 11 is 6.10. The molecular weight excluding hydrogens is 302 g/mol. The van der Waals surface area contributed by atoms with Crippen molar-refractivity contribution >= 4 is 28.5 Å². The summed E-state index contributed by atoms with van der Waals surface area (Å²) in [6.45, 7) is 0.978. The van der Waals surface area contributed by atoms with Crippen LogP contribution in [-0.2, 0) is 4.79 Å². The second-order valence-electron chi connectivity index (χ2n) is 6.20. The van der Waals surface area contributed by atoms with Gasteiger partial charge in [-0.3, -0.25) is 9.69 Å². The molecule has 0 spiro atoms. The molecule has 2 fully saturated rings. The number of fused-ring (bicyclic) bond motifs is 1. The smallest absolute Gasteiger partial charge is 0.234 e. The van der Waals surface area contributed by atoms with Gasteiger partial charge in [0.05, 0.1) is 11.4 Å².